The molecule has 0 heterocycles. The van der Waals surface area contributed by atoms with Crippen LogP contribution in [0.3, 0.4) is 0 Å². The van der Waals surface area contributed by atoms with E-state index in [-0.39, 0.29) is 0 Å². The summed E-state index contributed by atoms with van der Waals surface area (Å²) in [4.78, 5) is 0. The van der Waals surface area contributed by atoms with Gasteiger partial charge in [-0.2, -0.15) is 0 Å². The van der Waals surface area contributed by atoms with Crippen molar-refractivity contribution in [2.24, 2.45) is 0 Å². The summed E-state index contributed by atoms with van der Waals surface area (Å²) in [5.41, 5.74) is 4.14. The van der Waals surface area contributed by atoms with E-state index in [1.165, 1.54) is 0 Å². The molecular weight excluding hydrogens is 132 g/mol. The maximum absolute atomic E-state index is 3.92. The molecule has 0 saturated heterocycles. The van der Waals surface area contributed by atoms with Gasteiger partial charge in [-0.25, -0.2) is 0 Å². The van der Waals surface area contributed by atoms with Crippen LogP contribution in [0.2, 0.25) is 0 Å². The van der Waals surface area contributed by atoms with Crippen molar-refractivity contribution in [3.8, 4) is 0 Å². The molecule has 0 N–H and O–H groups in total. The molecule has 0 radical (unpaired) electrons. The van der Waals surface area contributed by atoms with Crippen molar-refractivity contribution in [1.82, 2.24) is 0 Å². The predicted octanol–water partition coefficient (Wildman–Crippen LogP) is 3.64. The molecule has 0 spiro atoms. The summed E-state index contributed by atoms with van der Waals surface area (Å²) in [7, 11) is 0. The Labute approximate surface area is 69.6 Å². The highest BCUT2D eigenvalue weighted by atomic mass is 14.1. The van der Waals surface area contributed by atoms with Crippen molar-refractivity contribution in [3.05, 3.63) is 48.1 Å². The molecule has 0 aliphatic rings. The van der Waals surface area contributed by atoms with Gasteiger partial charge < -0.3 is 0 Å². The summed E-state index contributed by atoms with van der Waals surface area (Å²) in [6, 6.07) is 0. The van der Waals surface area contributed by atoms with Crippen LogP contribution in [0.25, 0.3) is 0 Å². The molecule has 0 heteroatoms. The Hall–Kier alpha value is -1.04. The zero-order valence-corrected chi connectivity index (χ0v) is 7.70. The second-order valence-electron chi connectivity index (χ2n) is 2.74. The largest absolute Gasteiger partial charge is 0.0955 e. The second kappa shape index (κ2) is 3.97. The van der Waals surface area contributed by atoms with Gasteiger partial charge in [-0.1, -0.05) is 37.0 Å². The molecule has 0 aliphatic carbocycles. The molecule has 0 amide bonds. The van der Waals surface area contributed by atoms with E-state index in [0.29, 0.717) is 0 Å². The van der Waals surface area contributed by atoms with Gasteiger partial charge in [-0.15, -0.1) is 0 Å². The van der Waals surface area contributed by atoms with Crippen LogP contribution in [-0.4, -0.2) is 0 Å². The number of rotatable bonds is 3. The third kappa shape index (κ3) is 2.58. The van der Waals surface area contributed by atoms with Crippen LogP contribution < -0.4 is 0 Å². The lowest BCUT2D eigenvalue weighted by atomic mass is 9.97. The molecule has 60 valence electrons. The standard InChI is InChI=1S/C11H16/c1-7-11(9(4)5)10(6)8(2)3/h7H,2,4,6H2,1,3,5H3. The fourth-order valence-corrected chi connectivity index (χ4v) is 0.908. The SMILES string of the molecule is C=C(C)C(=C)C(=CC)C(=C)C. The van der Waals surface area contributed by atoms with Gasteiger partial charge in [0.15, 0.2) is 0 Å². The summed E-state index contributed by atoms with van der Waals surface area (Å²) in [6.45, 7) is 17.5. The van der Waals surface area contributed by atoms with Gasteiger partial charge in [-0.3, -0.25) is 0 Å². The van der Waals surface area contributed by atoms with Crippen LogP contribution in [-0.2, 0) is 0 Å². The van der Waals surface area contributed by atoms with Gasteiger partial charge in [0.25, 0.3) is 0 Å². The molecule has 0 aromatic carbocycles. The molecule has 0 aromatic rings. The molecule has 0 atom stereocenters. The van der Waals surface area contributed by atoms with Gasteiger partial charge in [0.05, 0.1) is 0 Å². The van der Waals surface area contributed by atoms with E-state index in [0.717, 1.165) is 22.3 Å². The molecule has 0 saturated carbocycles. The van der Waals surface area contributed by atoms with Gasteiger partial charge in [0.2, 0.25) is 0 Å². The molecule has 0 aromatic heterocycles. The summed E-state index contributed by atoms with van der Waals surface area (Å²) >= 11 is 0. The number of allylic oxidation sites excluding steroid dienone is 5. The monoisotopic (exact) mass is 148 g/mol. The summed E-state index contributed by atoms with van der Waals surface area (Å²) in [5.74, 6) is 0. The Morgan fingerprint density at radius 1 is 1.00 bits per heavy atom. The zero-order valence-electron chi connectivity index (χ0n) is 7.70. The first-order valence-corrected chi connectivity index (χ1v) is 3.68. The highest BCUT2D eigenvalue weighted by Gasteiger charge is 2.01. The third-order valence-electron chi connectivity index (χ3n) is 1.59. The first kappa shape index (κ1) is 9.96. The van der Waals surface area contributed by atoms with E-state index < -0.39 is 0 Å². The minimum Gasteiger partial charge on any atom is -0.0955 e. The van der Waals surface area contributed by atoms with Crippen LogP contribution in [0.15, 0.2) is 48.1 Å². The topological polar surface area (TPSA) is 0 Å². The van der Waals surface area contributed by atoms with Gasteiger partial charge in [-0.05, 0) is 31.9 Å². The average Bonchev–Trinajstić information content (AvgIpc) is 1.88. The normalized spacial score (nSPS) is 11.0. The Morgan fingerprint density at radius 3 is 1.55 bits per heavy atom. The van der Waals surface area contributed by atoms with E-state index in [2.05, 4.69) is 19.7 Å². The fraction of sp³-hybridized carbons (Fsp3) is 0.273. The van der Waals surface area contributed by atoms with Crippen molar-refractivity contribution in [3.63, 3.8) is 0 Å². The van der Waals surface area contributed by atoms with Crippen molar-refractivity contribution in [2.75, 3.05) is 0 Å². The van der Waals surface area contributed by atoms with Crippen molar-refractivity contribution < 1.29 is 0 Å². The Bertz CT molecular complexity index is 226. The van der Waals surface area contributed by atoms with E-state index in [1.807, 2.05) is 26.8 Å². The fourth-order valence-electron chi connectivity index (χ4n) is 0.908. The van der Waals surface area contributed by atoms with E-state index >= 15 is 0 Å². The Balaban J connectivity index is 4.69. The molecule has 0 aliphatic heterocycles. The molecular formula is C11H16. The minimum atomic E-state index is 0.986. The van der Waals surface area contributed by atoms with E-state index in [9.17, 15) is 0 Å². The van der Waals surface area contributed by atoms with E-state index in [1.54, 1.807) is 0 Å². The first-order valence-electron chi connectivity index (χ1n) is 3.68. The summed E-state index contributed by atoms with van der Waals surface area (Å²) in [6.07, 6.45) is 2.01. The highest BCUT2D eigenvalue weighted by molar-refractivity contribution is 5.51. The zero-order chi connectivity index (χ0) is 9.02. The van der Waals surface area contributed by atoms with Crippen molar-refractivity contribution in [2.45, 2.75) is 20.8 Å². The number of hydrogen-bond acceptors (Lipinski definition) is 0. The first-order chi connectivity index (χ1) is 5.00. The lowest BCUT2D eigenvalue weighted by Crippen LogP contribution is -1.89. The summed E-state index contributed by atoms with van der Waals surface area (Å²) in [5, 5.41) is 0. The van der Waals surface area contributed by atoms with Gasteiger partial charge >= 0.3 is 0 Å². The number of hydrogen-bond donors (Lipinski definition) is 0. The third-order valence-corrected chi connectivity index (χ3v) is 1.59. The minimum absolute atomic E-state index is 0.986. The van der Waals surface area contributed by atoms with Crippen LogP contribution >= 0.6 is 0 Å². The molecule has 11 heavy (non-hydrogen) atoms. The Kier molecular flexibility index (Phi) is 3.59. The lowest BCUT2D eigenvalue weighted by molar-refractivity contribution is 1.32. The van der Waals surface area contributed by atoms with Crippen LogP contribution in [0.1, 0.15) is 20.8 Å². The highest BCUT2D eigenvalue weighted by Crippen LogP contribution is 2.21. The molecule has 0 unspecified atom stereocenters. The van der Waals surface area contributed by atoms with Crippen LogP contribution in [0.5, 0.6) is 0 Å². The summed E-state index contributed by atoms with van der Waals surface area (Å²) < 4.78 is 0. The van der Waals surface area contributed by atoms with Crippen LogP contribution in [0, 0.1) is 0 Å². The quantitative estimate of drug-likeness (QED) is 0.536. The van der Waals surface area contributed by atoms with Gasteiger partial charge in [0.1, 0.15) is 0 Å². The molecule has 0 nitrogen and oxygen atoms in total. The Morgan fingerprint density at radius 2 is 1.45 bits per heavy atom. The molecule has 0 fully saturated rings. The molecule has 0 bridgehead atoms. The van der Waals surface area contributed by atoms with E-state index in [4.69, 9.17) is 0 Å². The van der Waals surface area contributed by atoms with Crippen LogP contribution in [0.4, 0.5) is 0 Å². The predicted molar refractivity (Wildman–Crippen MR) is 52.5 cm³/mol. The lowest BCUT2D eigenvalue weighted by Gasteiger charge is -2.08. The maximum Gasteiger partial charge on any atom is -0.0207 e. The van der Waals surface area contributed by atoms with Gasteiger partial charge in [0, 0.05) is 0 Å². The average molecular weight is 148 g/mol. The maximum atomic E-state index is 3.92. The van der Waals surface area contributed by atoms with Crippen molar-refractivity contribution >= 4 is 0 Å². The molecule has 0 rings (SSSR count). The van der Waals surface area contributed by atoms with Crippen molar-refractivity contribution in [1.29, 1.82) is 0 Å². The smallest absolute Gasteiger partial charge is 0.0207 e. The second-order valence-corrected chi connectivity index (χ2v) is 2.74.